The van der Waals surface area contributed by atoms with E-state index in [1.54, 1.807) is 0 Å². The predicted molar refractivity (Wildman–Crippen MR) is 281 cm³/mol. The Morgan fingerprint density at radius 3 is 1.30 bits per heavy atom. The van der Waals surface area contributed by atoms with Crippen LogP contribution in [0.5, 0.6) is 17.2 Å². The smallest absolute Gasteiger partial charge is 0.161 e. The number of anilines is 4. The molecule has 70 heavy (non-hydrogen) atoms. The molecular weight excluding hydrogens is 889 g/mol. The molecule has 1 aliphatic carbocycles. The number of rotatable bonds is 8. The van der Waals surface area contributed by atoms with Crippen LogP contribution in [0.4, 0.5) is 22.7 Å². The number of ether oxygens (including phenoxy) is 4. The third-order valence-electron chi connectivity index (χ3n) is 13.7. The fourth-order valence-corrected chi connectivity index (χ4v) is 10.8. The fraction of sp³-hybridized carbons (Fsp3) is 0.200. The summed E-state index contributed by atoms with van der Waals surface area (Å²) in [5.74, 6) is 3.70. The van der Waals surface area contributed by atoms with Crippen molar-refractivity contribution < 1.29 is 23.2 Å². The van der Waals surface area contributed by atoms with Crippen LogP contribution in [0, 0.1) is 0 Å². The van der Waals surface area contributed by atoms with Gasteiger partial charge in [-0.2, -0.15) is 0 Å². The maximum Gasteiger partial charge on any atom is 0.161 e. The lowest BCUT2D eigenvalue weighted by molar-refractivity contribution is 0.201. The molecule has 0 saturated carbocycles. The van der Waals surface area contributed by atoms with E-state index in [1.165, 1.54) is 33.6 Å². The average molecular weight is 945 g/mol. The molecule has 9 nitrogen and oxygen atoms in total. The van der Waals surface area contributed by atoms with Crippen molar-refractivity contribution in [1.82, 2.24) is 0 Å². The molecule has 0 radical (unpaired) electrons. The molecule has 0 spiro atoms. The molecule has 1 unspecified atom stereocenters. The van der Waals surface area contributed by atoms with Gasteiger partial charge >= 0.3 is 0 Å². The van der Waals surface area contributed by atoms with Crippen LogP contribution in [-0.2, 0) is 40.6 Å². The number of allylic oxidation sites excluding steroid dienone is 3. The second kappa shape index (κ2) is 19.7. The molecule has 10 heteroatoms. The third-order valence-corrected chi connectivity index (χ3v) is 15.1. The Balaban J connectivity index is 0.000000152. The Morgan fingerprint density at radius 1 is 0.443 bits per heavy atom. The van der Waals surface area contributed by atoms with Crippen LogP contribution in [0.25, 0.3) is 0 Å². The molecule has 12 rings (SSSR count). The highest BCUT2D eigenvalue weighted by Gasteiger charge is 2.29. The number of hydrogen-bond acceptors (Lipinski definition) is 9. The summed E-state index contributed by atoms with van der Waals surface area (Å²) in [5, 5.41) is 0. The topological polar surface area (TPSA) is 67.0 Å². The zero-order valence-electron chi connectivity index (χ0n) is 39.6. The molecule has 4 heterocycles. The van der Waals surface area contributed by atoms with Gasteiger partial charge in [-0.15, -0.1) is 0 Å². The van der Waals surface area contributed by atoms with Gasteiger partial charge in [0.25, 0.3) is 0 Å². The van der Waals surface area contributed by atoms with Crippen LogP contribution in [0.15, 0.2) is 215 Å². The summed E-state index contributed by atoms with van der Waals surface area (Å²) in [6.45, 7) is 9.87. The molecule has 4 aliphatic heterocycles. The summed E-state index contributed by atoms with van der Waals surface area (Å²) in [5.41, 5.74) is 11.5. The third kappa shape index (κ3) is 9.52. The first-order valence-corrected chi connectivity index (χ1v) is 25.1. The van der Waals surface area contributed by atoms with Crippen LogP contribution in [0.2, 0.25) is 0 Å². The first kappa shape index (κ1) is 44.8. The lowest BCUT2D eigenvalue weighted by atomic mass is 9.77. The van der Waals surface area contributed by atoms with Crippen LogP contribution in [-0.4, -0.2) is 37.7 Å². The number of benzene rings is 7. The second-order valence-corrected chi connectivity index (χ2v) is 20.1. The largest absolute Gasteiger partial charge is 0.473 e. The van der Waals surface area contributed by atoms with Crippen molar-refractivity contribution in [2.45, 2.75) is 50.2 Å². The Hall–Kier alpha value is -7.69. The van der Waals surface area contributed by atoms with E-state index in [1.807, 2.05) is 78.9 Å². The van der Waals surface area contributed by atoms with E-state index < -0.39 is 10.8 Å². The zero-order chi connectivity index (χ0) is 47.4. The molecule has 5 aliphatic rings. The van der Waals surface area contributed by atoms with Crippen LogP contribution < -0.4 is 33.8 Å². The van der Waals surface area contributed by atoms with Gasteiger partial charge in [0.1, 0.15) is 23.0 Å². The fourth-order valence-electron chi connectivity index (χ4n) is 9.64. The zero-order valence-corrected chi connectivity index (χ0v) is 40.4. The number of fused-ring (bicyclic) bond motifs is 4. The molecule has 7 aromatic carbocycles. The van der Waals surface area contributed by atoms with E-state index >= 15 is 0 Å². The van der Waals surface area contributed by atoms with Gasteiger partial charge in [-0.25, -0.2) is 4.21 Å². The highest BCUT2D eigenvalue weighted by molar-refractivity contribution is 7.89. The Morgan fingerprint density at radius 2 is 0.843 bits per heavy atom. The van der Waals surface area contributed by atoms with Gasteiger partial charge < -0.3 is 38.5 Å². The summed E-state index contributed by atoms with van der Waals surface area (Å²) < 4.78 is 37.9. The summed E-state index contributed by atoms with van der Waals surface area (Å²) in [6.07, 6.45) is 6.85. The summed E-state index contributed by atoms with van der Waals surface area (Å²) in [4.78, 5) is 10.5. The number of nitrogens with zero attached hydrogens (tertiary/aromatic N) is 4. The highest BCUT2D eigenvalue weighted by Crippen LogP contribution is 2.40. The lowest BCUT2D eigenvalue weighted by Crippen LogP contribution is -2.33. The van der Waals surface area contributed by atoms with Crippen molar-refractivity contribution >= 4 is 33.5 Å². The standard InChI is InChI=1S/C31H30N2O2.C29H26N2O3S/c1-31(2,25-13-15-29-23(17-25)19-32(21-34-29)27-9-5-3-6-10-27)26-14-16-30-24(18-26)20-33(22-35-30)28-11-7-4-8-12-28;32-35(27-14-15-29-23(17-27)19-31(21-34-29)25-10-5-2-6-11-25)26-12-7-13-28-22(16-26)18-30(20-33-28)24-8-3-1-4-9-24/h3-18H,19-22H2,1-2H3;1-6,8-17H,7,18-21H2. The Kier molecular flexibility index (Phi) is 12.6. The van der Waals surface area contributed by atoms with Gasteiger partial charge in [-0.1, -0.05) is 105 Å². The number of hydrogen-bond donors (Lipinski definition) is 0. The molecule has 352 valence electrons. The minimum atomic E-state index is -1.30. The molecule has 7 aromatic rings. The first-order valence-electron chi connectivity index (χ1n) is 24.0. The average Bonchev–Trinajstić information content (AvgIpc) is 3.65. The normalized spacial score (nSPS) is 16.5. The number of para-hydroxylation sites is 4. The van der Waals surface area contributed by atoms with Gasteiger partial charge in [0.2, 0.25) is 0 Å². The Labute approximate surface area is 413 Å². The van der Waals surface area contributed by atoms with Gasteiger partial charge in [0.05, 0.1) is 10.8 Å². The molecule has 1 fully saturated rings. The van der Waals surface area contributed by atoms with Gasteiger partial charge in [-0.3, -0.25) is 0 Å². The molecule has 0 amide bonds. The van der Waals surface area contributed by atoms with Crippen molar-refractivity contribution in [2.24, 2.45) is 0 Å². The quantitative estimate of drug-likeness (QED) is 0.148. The van der Waals surface area contributed by atoms with Gasteiger partial charge in [0, 0.05) is 86.4 Å². The van der Waals surface area contributed by atoms with E-state index in [2.05, 4.69) is 149 Å². The van der Waals surface area contributed by atoms with Crippen molar-refractivity contribution in [1.29, 1.82) is 0 Å². The minimum Gasteiger partial charge on any atom is -0.473 e. The second-order valence-electron chi connectivity index (χ2n) is 18.6. The molecule has 1 saturated heterocycles. The maximum atomic E-state index is 13.7. The van der Waals surface area contributed by atoms with E-state index in [9.17, 15) is 4.21 Å². The predicted octanol–water partition coefficient (Wildman–Crippen LogP) is 12.5. The van der Waals surface area contributed by atoms with E-state index in [0.717, 1.165) is 75.0 Å². The van der Waals surface area contributed by atoms with E-state index in [0.29, 0.717) is 39.9 Å². The van der Waals surface area contributed by atoms with Crippen LogP contribution in [0.1, 0.15) is 48.1 Å². The van der Waals surface area contributed by atoms with Crippen LogP contribution >= 0.6 is 0 Å². The first-order chi connectivity index (χ1) is 34.3. The van der Waals surface area contributed by atoms with Crippen molar-refractivity contribution in [3.8, 4) is 17.2 Å². The SMILES string of the molecule is CC(C)(c1ccc2c(c1)CN(c1ccccc1)CO2)c1ccc2c(c1)CN(c1ccccc1)CO2.O=S(C1=CCC=C2OCN(c3ccccc3)CC2=C1)c1ccc2c(c1)CN(c1ccccc1)CO2. The minimum absolute atomic E-state index is 0.159. The van der Waals surface area contributed by atoms with E-state index in [4.69, 9.17) is 18.9 Å². The lowest BCUT2D eigenvalue weighted by Gasteiger charge is -2.34. The van der Waals surface area contributed by atoms with Crippen molar-refractivity contribution in [3.63, 3.8) is 0 Å². The summed E-state index contributed by atoms with van der Waals surface area (Å²) >= 11 is 0. The maximum absolute atomic E-state index is 13.7. The summed E-state index contributed by atoms with van der Waals surface area (Å²) in [6, 6.07) is 60.6. The molecule has 0 N–H and O–H groups in total. The van der Waals surface area contributed by atoms with Gasteiger partial charge in [-0.05, 0) is 121 Å². The molecule has 1 atom stereocenters. The van der Waals surface area contributed by atoms with Crippen molar-refractivity contribution in [3.05, 3.63) is 238 Å². The monoisotopic (exact) mass is 944 g/mol. The van der Waals surface area contributed by atoms with E-state index in [-0.39, 0.29) is 5.41 Å². The molecule has 0 aromatic heterocycles. The van der Waals surface area contributed by atoms with Crippen LogP contribution in [0.3, 0.4) is 0 Å². The molecule has 0 bridgehead atoms. The highest BCUT2D eigenvalue weighted by atomic mass is 32.2. The summed E-state index contributed by atoms with van der Waals surface area (Å²) in [7, 11) is -1.30. The molecular formula is C60H56N4O5S. The van der Waals surface area contributed by atoms with Crippen molar-refractivity contribution in [2.75, 3.05) is 53.1 Å². The van der Waals surface area contributed by atoms with Gasteiger partial charge in [0.15, 0.2) is 26.9 Å². The Bertz CT molecular complexity index is 3000.